The van der Waals surface area contributed by atoms with Gasteiger partial charge in [0.1, 0.15) is 23.9 Å². The zero-order chi connectivity index (χ0) is 22.8. The van der Waals surface area contributed by atoms with Crippen LogP contribution in [0, 0.1) is 0 Å². The molecule has 166 valence electrons. The standard InChI is InChI=1S/C27H28O5/c1-3-30-26(27(28)29)19-21-9-13-23(14-10-21)31-18-17-20(2)22-11-15-25(16-12-22)32-24-7-5-4-6-8-24/h4-17,26H,3,18-19H2,1-2H3,(H,28,29)/b20-17+. The molecule has 0 aliphatic carbocycles. The topological polar surface area (TPSA) is 65.0 Å². The van der Waals surface area contributed by atoms with Crippen LogP contribution in [0.5, 0.6) is 17.2 Å². The molecule has 0 heterocycles. The first-order valence-corrected chi connectivity index (χ1v) is 10.6. The number of para-hydroxylation sites is 1. The highest BCUT2D eigenvalue weighted by Gasteiger charge is 2.17. The predicted molar refractivity (Wildman–Crippen MR) is 125 cm³/mol. The maximum atomic E-state index is 11.2. The minimum Gasteiger partial charge on any atom is -0.490 e. The summed E-state index contributed by atoms with van der Waals surface area (Å²) in [5, 5.41) is 9.20. The fourth-order valence-corrected chi connectivity index (χ4v) is 3.15. The van der Waals surface area contributed by atoms with E-state index in [1.807, 2.05) is 91.9 Å². The molecule has 1 atom stereocenters. The van der Waals surface area contributed by atoms with Gasteiger partial charge in [0.2, 0.25) is 0 Å². The lowest BCUT2D eigenvalue weighted by atomic mass is 10.1. The van der Waals surface area contributed by atoms with E-state index >= 15 is 0 Å². The first kappa shape index (κ1) is 23.1. The molecule has 0 aromatic heterocycles. The molecule has 1 unspecified atom stereocenters. The predicted octanol–water partition coefficient (Wildman–Crippen LogP) is 5.99. The van der Waals surface area contributed by atoms with E-state index in [-0.39, 0.29) is 0 Å². The molecule has 3 aromatic carbocycles. The van der Waals surface area contributed by atoms with Crippen molar-refractivity contribution in [2.45, 2.75) is 26.4 Å². The van der Waals surface area contributed by atoms with Crippen LogP contribution in [0.1, 0.15) is 25.0 Å². The highest BCUT2D eigenvalue weighted by atomic mass is 16.5. The lowest BCUT2D eigenvalue weighted by molar-refractivity contribution is -0.149. The lowest BCUT2D eigenvalue weighted by Gasteiger charge is -2.12. The normalized spacial score (nSPS) is 12.2. The number of hydrogen-bond acceptors (Lipinski definition) is 4. The zero-order valence-corrected chi connectivity index (χ0v) is 18.4. The Balaban J connectivity index is 1.51. The smallest absolute Gasteiger partial charge is 0.333 e. The number of carboxylic acid groups (broad SMARTS) is 1. The first-order valence-electron chi connectivity index (χ1n) is 10.6. The van der Waals surface area contributed by atoms with Crippen molar-refractivity contribution in [2.75, 3.05) is 13.2 Å². The van der Waals surface area contributed by atoms with Crippen molar-refractivity contribution in [3.05, 3.63) is 96.1 Å². The SMILES string of the molecule is CCOC(Cc1ccc(OC/C=C(\C)c2ccc(Oc3ccccc3)cc2)cc1)C(=O)O. The molecule has 0 fully saturated rings. The van der Waals surface area contributed by atoms with Gasteiger partial charge in [-0.2, -0.15) is 0 Å². The van der Waals surface area contributed by atoms with Crippen LogP contribution in [0.2, 0.25) is 0 Å². The van der Waals surface area contributed by atoms with E-state index in [1.54, 1.807) is 6.92 Å². The number of hydrogen-bond donors (Lipinski definition) is 1. The largest absolute Gasteiger partial charge is 0.490 e. The molecule has 0 amide bonds. The molecular formula is C27H28O5. The number of carboxylic acids is 1. The van der Waals surface area contributed by atoms with E-state index in [0.29, 0.717) is 19.6 Å². The third-order valence-electron chi connectivity index (χ3n) is 4.92. The third kappa shape index (κ3) is 7.00. The second kappa shape index (κ2) is 11.7. The number of aliphatic carboxylic acids is 1. The summed E-state index contributed by atoms with van der Waals surface area (Å²) in [7, 11) is 0. The van der Waals surface area contributed by atoms with Gasteiger partial charge in [0, 0.05) is 13.0 Å². The Bertz CT molecular complexity index is 1010. The molecule has 5 nitrogen and oxygen atoms in total. The summed E-state index contributed by atoms with van der Waals surface area (Å²) in [6, 6.07) is 25.1. The first-order chi connectivity index (χ1) is 15.5. The fourth-order valence-electron chi connectivity index (χ4n) is 3.15. The maximum absolute atomic E-state index is 11.2. The van der Waals surface area contributed by atoms with Gasteiger partial charge < -0.3 is 19.3 Å². The van der Waals surface area contributed by atoms with Crippen LogP contribution in [-0.2, 0) is 16.0 Å². The van der Waals surface area contributed by atoms with Crippen molar-refractivity contribution < 1.29 is 24.1 Å². The quantitative estimate of drug-likeness (QED) is 0.403. The van der Waals surface area contributed by atoms with Crippen LogP contribution >= 0.6 is 0 Å². The van der Waals surface area contributed by atoms with Crippen LogP contribution in [0.25, 0.3) is 5.57 Å². The Labute approximate surface area is 188 Å². The molecule has 3 aromatic rings. The number of allylic oxidation sites excluding steroid dienone is 1. The van der Waals surface area contributed by atoms with Gasteiger partial charge in [-0.25, -0.2) is 4.79 Å². The van der Waals surface area contributed by atoms with Crippen molar-refractivity contribution in [3.8, 4) is 17.2 Å². The second-order valence-electron chi connectivity index (χ2n) is 7.27. The molecule has 0 aliphatic rings. The van der Waals surface area contributed by atoms with Gasteiger partial charge in [0.15, 0.2) is 6.10 Å². The Morgan fingerprint density at radius 3 is 2.16 bits per heavy atom. The number of rotatable bonds is 11. The van der Waals surface area contributed by atoms with Gasteiger partial charge in [-0.15, -0.1) is 0 Å². The Hall–Kier alpha value is -3.57. The van der Waals surface area contributed by atoms with Crippen molar-refractivity contribution in [3.63, 3.8) is 0 Å². The zero-order valence-electron chi connectivity index (χ0n) is 18.4. The van der Waals surface area contributed by atoms with E-state index in [4.69, 9.17) is 14.2 Å². The van der Waals surface area contributed by atoms with Gasteiger partial charge in [0.25, 0.3) is 0 Å². The van der Waals surface area contributed by atoms with Crippen molar-refractivity contribution in [2.24, 2.45) is 0 Å². The summed E-state index contributed by atoms with van der Waals surface area (Å²) >= 11 is 0. The van der Waals surface area contributed by atoms with E-state index in [0.717, 1.165) is 33.9 Å². The molecule has 32 heavy (non-hydrogen) atoms. The highest BCUT2D eigenvalue weighted by Crippen LogP contribution is 2.23. The van der Waals surface area contributed by atoms with Crippen molar-refractivity contribution in [1.82, 2.24) is 0 Å². The lowest BCUT2D eigenvalue weighted by Crippen LogP contribution is -2.26. The third-order valence-corrected chi connectivity index (χ3v) is 4.92. The molecule has 0 radical (unpaired) electrons. The van der Waals surface area contributed by atoms with Crippen LogP contribution < -0.4 is 9.47 Å². The Morgan fingerprint density at radius 2 is 1.53 bits per heavy atom. The monoisotopic (exact) mass is 432 g/mol. The van der Waals surface area contributed by atoms with E-state index in [1.165, 1.54) is 0 Å². The Morgan fingerprint density at radius 1 is 0.906 bits per heavy atom. The van der Waals surface area contributed by atoms with Gasteiger partial charge >= 0.3 is 5.97 Å². The van der Waals surface area contributed by atoms with Crippen LogP contribution in [0.4, 0.5) is 0 Å². The van der Waals surface area contributed by atoms with E-state index < -0.39 is 12.1 Å². The fraction of sp³-hybridized carbons (Fsp3) is 0.222. The van der Waals surface area contributed by atoms with Gasteiger partial charge in [0.05, 0.1) is 0 Å². The van der Waals surface area contributed by atoms with Gasteiger partial charge in [-0.1, -0.05) is 42.5 Å². The molecule has 0 saturated heterocycles. The molecule has 3 rings (SSSR count). The van der Waals surface area contributed by atoms with E-state index in [9.17, 15) is 9.90 Å². The molecule has 0 aliphatic heterocycles. The Kier molecular flexibility index (Phi) is 8.46. The van der Waals surface area contributed by atoms with Crippen molar-refractivity contribution >= 4 is 11.5 Å². The summed E-state index contributed by atoms with van der Waals surface area (Å²) in [6.07, 6.45) is 1.52. The minimum absolute atomic E-state index is 0.326. The number of ether oxygens (including phenoxy) is 3. The summed E-state index contributed by atoms with van der Waals surface area (Å²) < 4.78 is 16.9. The van der Waals surface area contributed by atoms with Crippen LogP contribution in [-0.4, -0.2) is 30.4 Å². The number of carbonyl (C=O) groups is 1. The van der Waals surface area contributed by atoms with E-state index in [2.05, 4.69) is 0 Å². The van der Waals surface area contributed by atoms with Crippen LogP contribution in [0.3, 0.4) is 0 Å². The average molecular weight is 433 g/mol. The molecule has 1 N–H and O–H groups in total. The molecule has 0 bridgehead atoms. The molecule has 0 saturated carbocycles. The number of benzene rings is 3. The molecule has 5 heteroatoms. The minimum atomic E-state index is -0.951. The molecular weight excluding hydrogens is 404 g/mol. The van der Waals surface area contributed by atoms with Gasteiger partial charge in [-0.05, 0) is 73.0 Å². The maximum Gasteiger partial charge on any atom is 0.333 e. The van der Waals surface area contributed by atoms with Gasteiger partial charge in [-0.3, -0.25) is 0 Å². The second-order valence-corrected chi connectivity index (χ2v) is 7.27. The summed E-state index contributed by atoms with van der Waals surface area (Å²) in [5.74, 6) is 1.38. The summed E-state index contributed by atoms with van der Waals surface area (Å²) in [5.41, 5.74) is 3.09. The molecule has 0 spiro atoms. The highest BCUT2D eigenvalue weighted by molar-refractivity contribution is 5.72. The summed E-state index contributed by atoms with van der Waals surface area (Å²) in [4.78, 5) is 11.2. The van der Waals surface area contributed by atoms with Crippen LogP contribution in [0.15, 0.2) is 84.9 Å². The average Bonchev–Trinajstić information content (AvgIpc) is 2.81. The summed E-state index contributed by atoms with van der Waals surface area (Å²) in [6.45, 7) is 4.63. The van der Waals surface area contributed by atoms with Crippen molar-refractivity contribution in [1.29, 1.82) is 0 Å².